The lowest BCUT2D eigenvalue weighted by Crippen LogP contribution is -2.45. The number of likely N-dealkylation sites (N-methyl/N-ethyl adjacent to an activating group) is 1. The fourth-order valence-corrected chi connectivity index (χ4v) is 1.93. The van der Waals surface area contributed by atoms with Gasteiger partial charge in [-0.2, -0.15) is 0 Å². The largest absolute Gasteiger partial charge is 0.397 e. The van der Waals surface area contributed by atoms with Gasteiger partial charge < -0.3 is 20.5 Å². The van der Waals surface area contributed by atoms with Gasteiger partial charge in [-0.15, -0.1) is 0 Å². The van der Waals surface area contributed by atoms with E-state index in [-0.39, 0.29) is 17.9 Å². The van der Waals surface area contributed by atoms with Crippen LogP contribution in [0.1, 0.15) is 44.2 Å². The summed E-state index contributed by atoms with van der Waals surface area (Å²) in [6.07, 6.45) is 1.73. The molecule has 1 aromatic rings. The van der Waals surface area contributed by atoms with E-state index in [1.54, 1.807) is 35.7 Å². The van der Waals surface area contributed by atoms with Crippen molar-refractivity contribution in [1.29, 1.82) is 0 Å². The minimum absolute atomic E-state index is 0.114. The molecule has 0 spiro atoms. The van der Waals surface area contributed by atoms with Crippen LogP contribution in [-0.2, 0) is 4.79 Å². The molecule has 1 rings (SSSR count). The van der Waals surface area contributed by atoms with Crippen LogP contribution in [0.3, 0.4) is 0 Å². The number of carbonyl (C=O) groups is 2. The van der Waals surface area contributed by atoms with Crippen LogP contribution in [0, 0.1) is 0 Å². The van der Waals surface area contributed by atoms with E-state index >= 15 is 0 Å². The Morgan fingerprint density at radius 3 is 2.50 bits per heavy atom. The van der Waals surface area contributed by atoms with Crippen LogP contribution >= 0.6 is 0 Å². The summed E-state index contributed by atoms with van der Waals surface area (Å²) in [4.78, 5) is 25.8. The van der Waals surface area contributed by atoms with Crippen molar-refractivity contribution >= 4 is 17.5 Å². The molecule has 0 aliphatic heterocycles. The molecule has 1 aromatic heterocycles. The second-order valence-corrected chi connectivity index (χ2v) is 5.21. The van der Waals surface area contributed by atoms with Crippen LogP contribution in [0.5, 0.6) is 0 Å². The Kier molecular flexibility index (Phi) is 5.19. The molecule has 6 heteroatoms. The van der Waals surface area contributed by atoms with Gasteiger partial charge in [-0.1, -0.05) is 0 Å². The lowest BCUT2D eigenvalue weighted by Gasteiger charge is -2.21. The summed E-state index contributed by atoms with van der Waals surface area (Å²) in [5.74, 6) is -0.405. The molecular weight excluding hydrogens is 256 g/mol. The fourth-order valence-electron chi connectivity index (χ4n) is 1.93. The minimum atomic E-state index is -0.566. The highest BCUT2D eigenvalue weighted by molar-refractivity contribution is 5.97. The lowest BCUT2D eigenvalue weighted by molar-refractivity contribution is -0.131. The molecule has 0 aliphatic carbocycles. The van der Waals surface area contributed by atoms with E-state index < -0.39 is 6.04 Å². The zero-order valence-electron chi connectivity index (χ0n) is 12.8. The standard InChI is InChI=1S/C14H24N4O2/c1-6-17(5)14(20)10(4)16-13(19)12-7-11(15)8-18(12)9(2)3/h7-10H,6,15H2,1-5H3,(H,16,19). The number of carbonyl (C=O) groups excluding carboxylic acids is 2. The zero-order valence-corrected chi connectivity index (χ0v) is 12.8. The Hall–Kier alpha value is -1.98. The minimum Gasteiger partial charge on any atom is -0.397 e. The van der Waals surface area contributed by atoms with Gasteiger partial charge in [-0.05, 0) is 33.8 Å². The van der Waals surface area contributed by atoms with Crippen molar-refractivity contribution in [3.05, 3.63) is 18.0 Å². The number of anilines is 1. The molecule has 0 bridgehead atoms. The molecule has 1 atom stereocenters. The number of hydrogen-bond acceptors (Lipinski definition) is 3. The predicted molar refractivity (Wildman–Crippen MR) is 79.5 cm³/mol. The molecule has 1 unspecified atom stereocenters. The van der Waals surface area contributed by atoms with E-state index in [4.69, 9.17) is 5.73 Å². The second kappa shape index (κ2) is 6.45. The van der Waals surface area contributed by atoms with E-state index in [1.807, 2.05) is 20.8 Å². The molecule has 20 heavy (non-hydrogen) atoms. The Labute approximate surface area is 119 Å². The maximum Gasteiger partial charge on any atom is 0.268 e. The average Bonchev–Trinajstić information content (AvgIpc) is 2.79. The fraction of sp³-hybridized carbons (Fsp3) is 0.571. The van der Waals surface area contributed by atoms with Crippen molar-refractivity contribution < 1.29 is 9.59 Å². The molecule has 0 fully saturated rings. The molecule has 0 aromatic carbocycles. The first-order chi connectivity index (χ1) is 9.27. The Bertz CT molecular complexity index is 493. The summed E-state index contributed by atoms with van der Waals surface area (Å²) < 4.78 is 1.80. The van der Waals surface area contributed by atoms with Gasteiger partial charge in [0.2, 0.25) is 5.91 Å². The van der Waals surface area contributed by atoms with E-state index in [0.29, 0.717) is 17.9 Å². The highest BCUT2D eigenvalue weighted by Gasteiger charge is 2.21. The summed E-state index contributed by atoms with van der Waals surface area (Å²) in [6, 6.07) is 1.18. The maximum atomic E-state index is 12.3. The smallest absolute Gasteiger partial charge is 0.268 e. The number of nitrogens with zero attached hydrogens (tertiary/aromatic N) is 2. The summed E-state index contributed by atoms with van der Waals surface area (Å²) in [7, 11) is 1.71. The van der Waals surface area contributed by atoms with Crippen LogP contribution in [-0.4, -0.2) is 40.9 Å². The van der Waals surface area contributed by atoms with Crippen molar-refractivity contribution in [3.8, 4) is 0 Å². The van der Waals surface area contributed by atoms with Crippen molar-refractivity contribution in [2.24, 2.45) is 0 Å². The van der Waals surface area contributed by atoms with Gasteiger partial charge in [-0.25, -0.2) is 0 Å². The SMILES string of the molecule is CCN(C)C(=O)C(C)NC(=O)c1cc(N)cn1C(C)C. The summed E-state index contributed by atoms with van der Waals surface area (Å²) in [5, 5.41) is 2.71. The first-order valence-electron chi connectivity index (χ1n) is 6.81. The van der Waals surface area contributed by atoms with Crippen molar-refractivity contribution in [2.45, 2.75) is 39.8 Å². The Morgan fingerprint density at radius 1 is 1.40 bits per heavy atom. The molecule has 0 aliphatic rings. The van der Waals surface area contributed by atoms with Crippen LogP contribution < -0.4 is 11.1 Å². The maximum absolute atomic E-state index is 12.3. The van der Waals surface area contributed by atoms with Crippen molar-refractivity contribution in [1.82, 2.24) is 14.8 Å². The van der Waals surface area contributed by atoms with E-state index in [1.165, 1.54) is 0 Å². The predicted octanol–water partition coefficient (Wildman–Crippen LogP) is 1.25. The number of aromatic nitrogens is 1. The topological polar surface area (TPSA) is 80.4 Å². The van der Waals surface area contributed by atoms with Gasteiger partial charge in [-0.3, -0.25) is 9.59 Å². The highest BCUT2D eigenvalue weighted by Crippen LogP contribution is 2.16. The number of nitrogen functional groups attached to an aromatic ring is 1. The summed E-state index contributed by atoms with van der Waals surface area (Å²) in [6.45, 7) is 8.11. The normalized spacial score (nSPS) is 12.3. The molecule has 0 saturated carbocycles. The summed E-state index contributed by atoms with van der Waals surface area (Å²) >= 11 is 0. The van der Waals surface area contributed by atoms with Crippen LogP contribution in [0.15, 0.2) is 12.3 Å². The van der Waals surface area contributed by atoms with Gasteiger partial charge in [0.15, 0.2) is 0 Å². The van der Waals surface area contributed by atoms with Crippen LogP contribution in [0.4, 0.5) is 5.69 Å². The number of hydrogen-bond donors (Lipinski definition) is 2. The zero-order chi connectivity index (χ0) is 15.4. The van der Waals surface area contributed by atoms with Gasteiger partial charge in [0, 0.05) is 25.8 Å². The quantitative estimate of drug-likeness (QED) is 0.851. The van der Waals surface area contributed by atoms with Gasteiger partial charge in [0.05, 0.1) is 5.69 Å². The van der Waals surface area contributed by atoms with Crippen LogP contribution in [0.25, 0.3) is 0 Å². The first-order valence-corrected chi connectivity index (χ1v) is 6.81. The molecule has 112 valence electrons. The molecule has 0 radical (unpaired) electrons. The van der Waals surface area contributed by atoms with Gasteiger partial charge in [0.1, 0.15) is 11.7 Å². The average molecular weight is 280 g/mol. The summed E-state index contributed by atoms with van der Waals surface area (Å²) in [5.41, 5.74) is 6.74. The number of nitrogens with one attached hydrogen (secondary N) is 1. The lowest BCUT2D eigenvalue weighted by atomic mass is 10.2. The monoisotopic (exact) mass is 280 g/mol. The number of nitrogens with two attached hydrogens (primary N) is 1. The molecule has 2 amide bonds. The van der Waals surface area contributed by atoms with Gasteiger partial charge >= 0.3 is 0 Å². The molecule has 0 saturated heterocycles. The molecule has 6 nitrogen and oxygen atoms in total. The third-order valence-corrected chi connectivity index (χ3v) is 3.23. The number of amides is 2. The molecule has 3 N–H and O–H groups in total. The van der Waals surface area contributed by atoms with E-state index in [9.17, 15) is 9.59 Å². The third-order valence-electron chi connectivity index (χ3n) is 3.23. The Balaban J connectivity index is 2.84. The highest BCUT2D eigenvalue weighted by atomic mass is 16.2. The first kappa shape index (κ1) is 16.1. The van der Waals surface area contributed by atoms with Crippen molar-refractivity contribution in [3.63, 3.8) is 0 Å². The van der Waals surface area contributed by atoms with E-state index in [2.05, 4.69) is 5.32 Å². The van der Waals surface area contributed by atoms with E-state index in [0.717, 1.165) is 0 Å². The van der Waals surface area contributed by atoms with Crippen molar-refractivity contribution in [2.75, 3.05) is 19.3 Å². The number of rotatable bonds is 5. The molecular formula is C14H24N4O2. The second-order valence-electron chi connectivity index (χ2n) is 5.21. The van der Waals surface area contributed by atoms with Crippen LogP contribution in [0.2, 0.25) is 0 Å². The third kappa shape index (κ3) is 3.53. The Morgan fingerprint density at radius 2 is 2.00 bits per heavy atom. The van der Waals surface area contributed by atoms with Gasteiger partial charge in [0.25, 0.3) is 5.91 Å². The molecule has 1 heterocycles.